The van der Waals surface area contributed by atoms with E-state index in [0.717, 1.165) is 0 Å². The van der Waals surface area contributed by atoms with Crippen molar-refractivity contribution in [2.24, 2.45) is 34.5 Å². The molecule has 0 aliphatic heterocycles. The van der Waals surface area contributed by atoms with E-state index in [2.05, 4.69) is 19.2 Å². The van der Waals surface area contributed by atoms with Crippen molar-refractivity contribution in [3.63, 3.8) is 0 Å². The predicted molar refractivity (Wildman–Crippen MR) is 74.3 cm³/mol. The molecule has 4 atom stereocenters. The van der Waals surface area contributed by atoms with Gasteiger partial charge in [0.25, 0.3) is 0 Å². The van der Waals surface area contributed by atoms with Gasteiger partial charge in [-0.15, -0.1) is 0 Å². The molecule has 0 bridgehead atoms. The Morgan fingerprint density at radius 3 is 2.05 bits per heavy atom. The molecule has 21 heavy (non-hydrogen) atoms. The zero-order chi connectivity index (χ0) is 15.6. The fourth-order valence-corrected chi connectivity index (χ4v) is 6.72. The highest BCUT2D eigenvalue weighted by Gasteiger charge is 3.20. The van der Waals surface area contributed by atoms with Gasteiger partial charge in [0.15, 0.2) is 0 Å². The molecule has 0 aromatic rings. The topological polar surface area (TPSA) is 64.6 Å². The van der Waals surface area contributed by atoms with Crippen molar-refractivity contribution in [1.29, 1.82) is 0 Å². The van der Waals surface area contributed by atoms with E-state index >= 15 is 0 Å². The molecule has 0 aromatic heterocycles. The Balaban J connectivity index is 1.58. The van der Waals surface area contributed by atoms with Crippen molar-refractivity contribution < 1.29 is 19.1 Å². The molecule has 4 fully saturated rings. The number of alkyl carbamates (subject to hydrolysis) is 1. The second-order valence-corrected chi connectivity index (χ2v) is 8.26. The van der Waals surface area contributed by atoms with Gasteiger partial charge in [-0.3, -0.25) is 4.79 Å². The Morgan fingerprint density at radius 2 is 1.62 bits per heavy atom. The van der Waals surface area contributed by atoms with Gasteiger partial charge >= 0.3 is 12.1 Å². The van der Waals surface area contributed by atoms with Crippen LogP contribution in [0.15, 0.2) is 0 Å². The lowest BCUT2D eigenvalue weighted by Crippen LogP contribution is -2.78. The van der Waals surface area contributed by atoms with E-state index in [0.29, 0.717) is 23.7 Å². The van der Waals surface area contributed by atoms with Crippen molar-refractivity contribution in [3.05, 3.63) is 0 Å². The second kappa shape index (κ2) is 3.08. The monoisotopic (exact) mass is 293 g/mol. The van der Waals surface area contributed by atoms with Crippen molar-refractivity contribution >= 4 is 12.1 Å². The van der Waals surface area contributed by atoms with Gasteiger partial charge in [0.05, 0.1) is 18.1 Å². The number of fused-ring (bicyclic) bond motifs is 2. The molecule has 0 saturated heterocycles. The molecule has 0 heterocycles. The summed E-state index contributed by atoms with van der Waals surface area (Å²) in [5.41, 5.74) is -1.08. The lowest BCUT2D eigenvalue weighted by Gasteiger charge is -2.67. The van der Waals surface area contributed by atoms with E-state index < -0.39 is 5.60 Å². The van der Waals surface area contributed by atoms with E-state index in [4.69, 9.17) is 9.47 Å². The first-order valence-electron chi connectivity index (χ1n) is 7.73. The van der Waals surface area contributed by atoms with Crippen LogP contribution in [0.3, 0.4) is 0 Å². The number of hydrogen-bond donors (Lipinski definition) is 1. The van der Waals surface area contributed by atoms with Gasteiger partial charge in [-0.25, -0.2) is 4.79 Å². The average Bonchev–Trinajstić information content (AvgIpc) is 3.15. The van der Waals surface area contributed by atoms with E-state index in [-0.39, 0.29) is 28.4 Å². The first kappa shape index (κ1) is 13.4. The number of amides is 1. The molecule has 5 heteroatoms. The van der Waals surface area contributed by atoms with Gasteiger partial charge in [0.1, 0.15) is 5.60 Å². The molecule has 1 N–H and O–H groups in total. The molecule has 4 unspecified atom stereocenters. The lowest BCUT2D eigenvalue weighted by atomic mass is 9.40. The summed E-state index contributed by atoms with van der Waals surface area (Å²) < 4.78 is 10.5. The molecule has 0 aromatic carbocycles. The van der Waals surface area contributed by atoms with Gasteiger partial charge in [-0.1, -0.05) is 13.8 Å². The minimum absolute atomic E-state index is 0.0111. The number of carbonyl (C=O) groups excluding carboxylic acids is 2. The fraction of sp³-hybridized carbons (Fsp3) is 0.875. The number of carbonyl (C=O) groups is 2. The first-order chi connectivity index (χ1) is 9.64. The molecule has 4 saturated carbocycles. The molecule has 1 spiro atoms. The summed E-state index contributed by atoms with van der Waals surface area (Å²) in [5.74, 6) is 1.33. The summed E-state index contributed by atoms with van der Waals surface area (Å²) in [4.78, 5) is 24.4. The van der Waals surface area contributed by atoms with Gasteiger partial charge in [-0.05, 0) is 44.4 Å². The van der Waals surface area contributed by atoms with Crippen LogP contribution in [-0.2, 0) is 14.3 Å². The van der Waals surface area contributed by atoms with E-state index in [9.17, 15) is 9.59 Å². The van der Waals surface area contributed by atoms with Crippen molar-refractivity contribution in [2.75, 3.05) is 7.11 Å². The Hall–Kier alpha value is -1.26. The molecule has 4 rings (SSSR count). The van der Waals surface area contributed by atoms with Crippen LogP contribution in [0, 0.1) is 34.5 Å². The maximum atomic E-state index is 12.2. The third kappa shape index (κ3) is 0.940. The SMILES string of the molecule is COC(=O)C12C3C(C)C4(NC(=O)OC(C)(C)C)C(C)C1C342. The number of ether oxygens (including phenoxy) is 2. The molecular weight excluding hydrogens is 270 g/mol. The van der Waals surface area contributed by atoms with Crippen LogP contribution in [0.1, 0.15) is 34.6 Å². The van der Waals surface area contributed by atoms with Gasteiger partial charge in [-0.2, -0.15) is 0 Å². The highest BCUT2D eigenvalue weighted by molar-refractivity contribution is 5.97. The van der Waals surface area contributed by atoms with Crippen LogP contribution in [-0.4, -0.2) is 30.3 Å². The van der Waals surface area contributed by atoms with Gasteiger partial charge in [0, 0.05) is 5.41 Å². The Kier molecular flexibility index (Phi) is 1.97. The quantitative estimate of drug-likeness (QED) is 0.790. The smallest absolute Gasteiger partial charge is 0.408 e. The summed E-state index contributed by atoms with van der Waals surface area (Å²) in [6.07, 6.45) is -0.370. The summed E-state index contributed by atoms with van der Waals surface area (Å²) in [6.45, 7) is 9.84. The highest BCUT2D eigenvalue weighted by Crippen LogP contribution is 3.14. The molecule has 116 valence electrons. The zero-order valence-corrected chi connectivity index (χ0v) is 13.4. The van der Waals surface area contributed by atoms with Gasteiger partial charge < -0.3 is 14.8 Å². The van der Waals surface area contributed by atoms with E-state index in [1.165, 1.54) is 7.11 Å². The molecule has 4 aliphatic carbocycles. The Bertz CT molecular complexity index is 557. The van der Waals surface area contributed by atoms with Crippen LogP contribution in [0.2, 0.25) is 0 Å². The Morgan fingerprint density at radius 1 is 1.10 bits per heavy atom. The minimum atomic E-state index is -0.510. The van der Waals surface area contributed by atoms with E-state index in [1.807, 2.05) is 20.8 Å². The molecule has 1 amide bonds. The fourth-order valence-electron chi connectivity index (χ4n) is 6.72. The van der Waals surface area contributed by atoms with E-state index in [1.54, 1.807) is 0 Å². The Labute approximate surface area is 124 Å². The number of hydrogen-bond acceptors (Lipinski definition) is 4. The second-order valence-electron chi connectivity index (χ2n) is 8.26. The number of nitrogens with one attached hydrogen (secondary N) is 1. The lowest BCUT2D eigenvalue weighted by molar-refractivity contribution is -0.174. The number of esters is 1. The minimum Gasteiger partial charge on any atom is -0.469 e. The van der Waals surface area contributed by atoms with Crippen molar-refractivity contribution in [1.82, 2.24) is 5.32 Å². The third-order valence-corrected chi connectivity index (χ3v) is 6.83. The third-order valence-electron chi connectivity index (χ3n) is 6.83. The van der Waals surface area contributed by atoms with Crippen LogP contribution >= 0.6 is 0 Å². The molecule has 4 aliphatic rings. The maximum absolute atomic E-state index is 12.2. The predicted octanol–water partition coefficient (Wildman–Crippen LogP) is 1.95. The normalized spacial score (nSPS) is 54.2. The van der Waals surface area contributed by atoms with Crippen LogP contribution in [0.25, 0.3) is 0 Å². The number of rotatable bonds is 2. The summed E-state index contributed by atoms with van der Waals surface area (Å²) >= 11 is 0. The van der Waals surface area contributed by atoms with Crippen molar-refractivity contribution in [2.45, 2.75) is 45.8 Å². The zero-order valence-electron chi connectivity index (χ0n) is 13.4. The summed E-state index contributed by atoms with van der Waals surface area (Å²) in [6, 6.07) is 0. The van der Waals surface area contributed by atoms with Gasteiger partial charge in [0.2, 0.25) is 0 Å². The maximum Gasteiger partial charge on any atom is 0.408 e. The summed E-state index contributed by atoms with van der Waals surface area (Å²) in [5, 5.41) is 3.12. The largest absolute Gasteiger partial charge is 0.469 e. The molecule has 5 nitrogen and oxygen atoms in total. The summed E-state index contributed by atoms with van der Waals surface area (Å²) in [7, 11) is 1.46. The average molecular weight is 293 g/mol. The van der Waals surface area contributed by atoms with Crippen LogP contribution in [0.4, 0.5) is 4.79 Å². The molecular formula is C16H23NO4. The van der Waals surface area contributed by atoms with Crippen LogP contribution in [0.5, 0.6) is 0 Å². The number of methoxy groups -OCH3 is 1. The van der Waals surface area contributed by atoms with Crippen LogP contribution < -0.4 is 5.32 Å². The molecule has 0 radical (unpaired) electrons. The standard InChI is InChI=1S/C16H23NO4/c1-7-9-14(11(18)20-6)10-8(2)16(7,15(9,10)14)17-12(19)21-13(3,4)5/h7-10H,1-6H3,(H,17,19). The van der Waals surface area contributed by atoms with Crippen molar-refractivity contribution in [3.8, 4) is 0 Å². The first-order valence-corrected chi connectivity index (χ1v) is 7.73. The highest BCUT2D eigenvalue weighted by atomic mass is 16.6.